The van der Waals surface area contributed by atoms with Gasteiger partial charge in [0, 0.05) is 24.1 Å². The van der Waals surface area contributed by atoms with Gasteiger partial charge < -0.3 is 4.90 Å². The van der Waals surface area contributed by atoms with Gasteiger partial charge in [0.25, 0.3) is 0 Å². The number of nitrogens with zero attached hydrogens (tertiary/aromatic N) is 1. The molecular formula is C11H13BrFN. The molecule has 2 rings (SSSR count). The first-order chi connectivity index (χ1) is 6.79. The molecule has 0 aromatic heterocycles. The fraction of sp³-hybridized carbons (Fsp3) is 0.455. The minimum Gasteiger partial charge on any atom is -0.371 e. The van der Waals surface area contributed by atoms with Gasteiger partial charge in [-0.1, -0.05) is 15.9 Å². The maximum absolute atomic E-state index is 12.7. The number of halogens is 2. The Hall–Kier alpha value is -0.570. The van der Waals surface area contributed by atoms with Crippen molar-refractivity contribution >= 4 is 21.6 Å². The van der Waals surface area contributed by atoms with Crippen molar-refractivity contribution in [3.8, 4) is 0 Å². The molecule has 0 unspecified atom stereocenters. The number of rotatable bonds is 2. The molecule has 0 bridgehead atoms. The van der Waals surface area contributed by atoms with E-state index in [0.29, 0.717) is 0 Å². The molecule has 0 aliphatic carbocycles. The van der Waals surface area contributed by atoms with Gasteiger partial charge in [-0.2, -0.15) is 0 Å². The molecule has 3 heteroatoms. The molecule has 14 heavy (non-hydrogen) atoms. The van der Waals surface area contributed by atoms with E-state index in [2.05, 4.69) is 20.8 Å². The Morgan fingerprint density at radius 2 is 2.07 bits per heavy atom. The highest BCUT2D eigenvalue weighted by molar-refractivity contribution is 9.09. The lowest BCUT2D eigenvalue weighted by Crippen LogP contribution is -2.19. The largest absolute Gasteiger partial charge is 0.371 e. The maximum atomic E-state index is 12.7. The summed E-state index contributed by atoms with van der Waals surface area (Å²) in [5.41, 5.74) is 1.13. The summed E-state index contributed by atoms with van der Waals surface area (Å²) in [6.07, 6.45) is 1.22. The van der Waals surface area contributed by atoms with E-state index in [-0.39, 0.29) is 5.82 Å². The van der Waals surface area contributed by atoms with Gasteiger partial charge in [-0.3, -0.25) is 0 Å². The Morgan fingerprint density at radius 1 is 1.36 bits per heavy atom. The SMILES string of the molecule is Fc1ccc(N2CC[C@@H](CBr)C2)cc1. The van der Waals surface area contributed by atoms with Crippen LogP contribution in [0.5, 0.6) is 0 Å². The second-order valence-electron chi connectivity index (χ2n) is 3.73. The van der Waals surface area contributed by atoms with E-state index in [9.17, 15) is 4.39 Å². The quantitative estimate of drug-likeness (QED) is 0.737. The van der Waals surface area contributed by atoms with E-state index in [4.69, 9.17) is 0 Å². The predicted octanol–water partition coefficient (Wildman–Crippen LogP) is 3.05. The Bertz CT molecular complexity index is 299. The lowest BCUT2D eigenvalue weighted by molar-refractivity contribution is 0.627. The number of hydrogen-bond donors (Lipinski definition) is 0. The van der Waals surface area contributed by atoms with Crippen LogP contribution >= 0.6 is 15.9 Å². The number of hydrogen-bond acceptors (Lipinski definition) is 1. The van der Waals surface area contributed by atoms with Crippen LogP contribution in [0, 0.1) is 11.7 Å². The predicted molar refractivity (Wildman–Crippen MR) is 60.5 cm³/mol. The van der Waals surface area contributed by atoms with Crippen LogP contribution in [0.1, 0.15) is 6.42 Å². The van der Waals surface area contributed by atoms with E-state index in [0.717, 1.165) is 30.0 Å². The Labute approximate surface area is 92.0 Å². The first-order valence-corrected chi connectivity index (χ1v) is 5.98. The summed E-state index contributed by atoms with van der Waals surface area (Å²) in [6.45, 7) is 2.17. The lowest BCUT2D eigenvalue weighted by atomic mass is 10.2. The van der Waals surface area contributed by atoms with Crippen molar-refractivity contribution in [2.45, 2.75) is 6.42 Å². The first-order valence-electron chi connectivity index (χ1n) is 4.86. The molecule has 0 N–H and O–H groups in total. The highest BCUT2D eigenvalue weighted by Crippen LogP contribution is 2.24. The monoisotopic (exact) mass is 257 g/mol. The number of anilines is 1. The molecule has 1 nitrogen and oxygen atoms in total. The number of benzene rings is 1. The van der Waals surface area contributed by atoms with E-state index < -0.39 is 0 Å². The molecule has 1 fully saturated rings. The molecule has 0 radical (unpaired) electrons. The minimum absolute atomic E-state index is 0.162. The molecule has 0 spiro atoms. The topological polar surface area (TPSA) is 3.24 Å². The summed E-state index contributed by atoms with van der Waals surface area (Å²) in [5, 5.41) is 1.06. The molecular weight excluding hydrogens is 245 g/mol. The van der Waals surface area contributed by atoms with E-state index in [1.165, 1.54) is 18.6 Å². The third-order valence-electron chi connectivity index (χ3n) is 2.70. The van der Waals surface area contributed by atoms with Crippen molar-refractivity contribution in [3.63, 3.8) is 0 Å². The summed E-state index contributed by atoms with van der Waals surface area (Å²) in [4.78, 5) is 2.31. The molecule has 1 heterocycles. The molecule has 76 valence electrons. The molecule has 1 aromatic rings. The van der Waals surface area contributed by atoms with Crippen LogP contribution in [0.15, 0.2) is 24.3 Å². The molecule has 1 aromatic carbocycles. The zero-order valence-electron chi connectivity index (χ0n) is 7.92. The third-order valence-corrected chi connectivity index (χ3v) is 3.61. The highest BCUT2D eigenvalue weighted by Gasteiger charge is 2.21. The molecule has 1 atom stereocenters. The smallest absolute Gasteiger partial charge is 0.123 e. The third kappa shape index (κ3) is 2.08. The average molecular weight is 258 g/mol. The molecule has 1 aliphatic rings. The fourth-order valence-corrected chi connectivity index (χ4v) is 2.37. The normalized spacial score (nSPS) is 21.6. The maximum Gasteiger partial charge on any atom is 0.123 e. The van der Waals surface area contributed by atoms with Crippen molar-refractivity contribution < 1.29 is 4.39 Å². The van der Waals surface area contributed by atoms with Gasteiger partial charge in [-0.25, -0.2) is 4.39 Å². The van der Waals surface area contributed by atoms with Crippen molar-refractivity contribution in [3.05, 3.63) is 30.1 Å². The zero-order chi connectivity index (χ0) is 9.97. The summed E-state index contributed by atoms with van der Waals surface area (Å²) in [7, 11) is 0. The summed E-state index contributed by atoms with van der Waals surface area (Å²) in [5.74, 6) is 0.574. The van der Waals surface area contributed by atoms with E-state index >= 15 is 0 Å². The Balaban J connectivity index is 2.06. The van der Waals surface area contributed by atoms with Gasteiger partial charge in [0.15, 0.2) is 0 Å². The average Bonchev–Trinajstić information content (AvgIpc) is 2.67. The zero-order valence-corrected chi connectivity index (χ0v) is 9.50. The van der Waals surface area contributed by atoms with Gasteiger partial charge in [0.05, 0.1) is 0 Å². The fourth-order valence-electron chi connectivity index (χ4n) is 1.85. The van der Waals surface area contributed by atoms with E-state index in [1.54, 1.807) is 0 Å². The van der Waals surface area contributed by atoms with Crippen LogP contribution in [0.25, 0.3) is 0 Å². The van der Waals surface area contributed by atoms with Crippen molar-refractivity contribution in [2.75, 3.05) is 23.3 Å². The standard InChI is InChI=1S/C11H13BrFN/c12-7-9-5-6-14(8-9)11-3-1-10(13)2-4-11/h1-4,9H,5-8H2/t9-/m0/s1. The van der Waals surface area contributed by atoms with Crippen LogP contribution in [0.2, 0.25) is 0 Å². The lowest BCUT2D eigenvalue weighted by Gasteiger charge is -2.18. The van der Waals surface area contributed by atoms with Gasteiger partial charge in [0.1, 0.15) is 5.82 Å². The molecule has 0 saturated carbocycles. The van der Waals surface area contributed by atoms with Gasteiger partial charge in [-0.05, 0) is 36.6 Å². The summed E-state index contributed by atoms with van der Waals surface area (Å²) < 4.78 is 12.7. The Morgan fingerprint density at radius 3 is 2.64 bits per heavy atom. The second kappa shape index (κ2) is 4.30. The first kappa shape index (κ1) is 9.97. The van der Waals surface area contributed by atoms with Crippen LogP contribution in [0.4, 0.5) is 10.1 Å². The van der Waals surface area contributed by atoms with Crippen molar-refractivity contribution in [2.24, 2.45) is 5.92 Å². The van der Waals surface area contributed by atoms with Crippen molar-refractivity contribution in [1.82, 2.24) is 0 Å². The molecule has 1 aliphatic heterocycles. The minimum atomic E-state index is -0.162. The van der Waals surface area contributed by atoms with Gasteiger partial charge in [0.2, 0.25) is 0 Å². The number of alkyl halides is 1. The van der Waals surface area contributed by atoms with Gasteiger partial charge in [-0.15, -0.1) is 0 Å². The Kier molecular flexibility index (Phi) is 3.06. The molecule has 0 amide bonds. The van der Waals surface area contributed by atoms with E-state index in [1.807, 2.05) is 12.1 Å². The second-order valence-corrected chi connectivity index (χ2v) is 4.38. The highest BCUT2D eigenvalue weighted by atomic mass is 79.9. The van der Waals surface area contributed by atoms with Crippen LogP contribution in [0.3, 0.4) is 0 Å². The van der Waals surface area contributed by atoms with Crippen LogP contribution in [-0.4, -0.2) is 18.4 Å². The van der Waals surface area contributed by atoms with Gasteiger partial charge >= 0.3 is 0 Å². The summed E-state index contributed by atoms with van der Waals surface area (Å²) in [6, 6.07) is 6.76. The molecule has 1 saturated heterocycles. The van der Waals surface area contributed by atoms with Crippen LogP contribution < -0.4 is 4.90 Å². The van der Waals surface area contributed by atoms with Crippen molar-refractivity contribution in [1.29, 1.82) is 0 Å². The summed E-state index contributed by atoms with van der Waals surface area (Å²) >= 11 is 3.50. The van der Waals surface area contributed by atoms with Crippen LogP contribution in [-0.2, 0) is 0 Å².